The van der Waals surface area contributed by atoms with Crippen molar-refractivity contribution in [2.24, 2.45) is 0 Å². The molecule has 0 unspecified atom stereocenters. The molecule has 0 saturated carbocycles. The number of hydrogen-bond donors (Lipinski definition) is 1. The van der Waals surface area contributed by atoms with Gasteiger partial charge in [0.15, 0.2) is 6.29 Å². The van der Waals surface area contributed by atoms with E-state index in [-0.39, 0.29) is 0 Å². The number of H-pyrrole nitrogens is 1. The molecule has 0 aliphatic rings. The van der Waals surface area contributed by atoms with Crippen LogP contribution in [0.2, 0.25) is 0 Å². The molecule has 2 aromatic heterocycles. The number of carbonyl (C=O) groups is 1. The maximum absolute atomic E-state index is 10.5. The first-order valence-corrected chi connectivity index (χ1v) is 4.36. The van der Waals surface area contributed by atoms with Crippen LogP contribution in [0.4, 0.5) is 0 Å². The van der Waals surface area contributed by atoms with E-state index in [2.05, 4.69) is 9.97 Å². The predicted octanol–water partition coefficient (Wildman–Crippen LogP) is 2.20. The third-order valence-corrected chi connectivity index (χ3v) is 2.16. The Morgan fingerprint density at radius 2 is 2.36 bits per heavy atom. The zero-order chi connectivity index (χ0) is 9.97. The van der Waals surface area contributed by atoms with Crippen LogP contribution in [0, 0.1) is 6.92 Å². The number of aldehydes is 1. The van der Waals surface area contributed by atoms with Crippen molar-refractivity contribution in [2.75, 3.05) is 0 Å². The first-order chi connectivity index (χ1) is 6.81. The Morgan fingerprint density at radius 3 is 3.00 bits per heavy atom. The summed E-state index contributed by atoms with van der Waals surface area (Å²) in [7, 11) is 0. The molecule has 1 N–H and O–H groups in total. The lowest BCUT2D eigenvalue weighted by Crippen LogP contribution is -1.81. The van der Waals surface area contributed by atoms with E-state index < -0.39 is 0 Å². The molecule has 3 heteroatoms. The number of rotatable bonds is 2. The van der Waals surface area contributed by atoms with Gasteiger partial charge in [0, 0.05) is 24.2 Å². The highest BCUT2D eigenvalue weighted by atomic mass is 16.1. The van der Waals surface area contributed by atoms with E-state index in [0.717, 1.165) is 23.0 Å². The molecular weight excluding hydrogens is 176 g/mol. The van der Waals surface area contributed by atoms with Gasteiger partial charge in [-0.25, -0.2) is 0 Å². The molecule has 0 aliphatic heterocycles. The number of carbonyl (C=O) groups excluding carboxylic acids is 1. The van der Waals surface area contributed by atoms with Crippen molar-refractivity contribution in [3.8, 4) is 11.1 Å². The Balaban J connectivity index is 2.49. The number of pyridine rings is 1. The van der Waals surface area contributed by atoms with Gasteiger partial charge in [-0.3, -0.25) is 9.78 Å². The molecule has 14 heavy (non-hydrogen) atoms. The van der Waals surface area contributed by atoms with Crippen molar-refractivity contribution in [2.45, 2.75) is 6.92 Å². The standard InChI is InChI=1S/C11H10N2O/c1-8-5-12-3-2-11(8)9-4-10(7-14)13-6-9/h2-7,13H,1H3. The SMILES string of the molecule is Cc1cnccc1-c1c[nH]c(C=O)c1. The van der Waals surface area contributed by atoms with Gasteiger partial charge in [-0.05, 0) is 30.2 Å². The lowest BCUT2D eigenvalue weighted by atomic mass is 10.1. The number of nitrogens with one attached hydrogen (secondary N) is 1. The first-order valence-electron chi connectivity index (χ1n) is 4.36. The van der Waals surface area contributed by atoms with Gasteiger partial charge in [-0.1, -0.05) is 0 Å². The van der Waals surface area contributed by atoms with Crippen LogP contribution in [0.3, 0.4) is 0 Å². The second-order valence-electron chi connectivity index (χ2n) is 3.15. The van der Waals surface area contributed by atoms with Crippen LogP contribution in [0.5, 0.6) is 0 Å². The van der Waals surface area contributed by atoms with Gasteiger partial charge in [-0.15, -0.1) is 0 Å². The zero-order valence-electron chi connectivity index (χ0n) is 7.82. The number of hydrogen-bond acceptors (Lipinski definition) is 2. The largest absolute Gasteiger partial charge is 0.358 e. The van der Waals surface area contributed by atoms with Gasteiger partial charge in [0.2, 0.25) is 0 Å². The van der Waals surface area contributed by atoms with Gasteiger partial charge in [0.05, 0.1) is 5.69 Å². The second kappa shape index (κ2) is 3.46. The van der Waals surface area contributed by atoms with Crippen molar-refractivity contribution in [3.05, 3.63) is 42.0 Å². The van der Waals surface area contributed by atoms with Crippen LogP contribution in [0.25, 0.3) is 11.1 Å². The fraction of sp³-hybridized carbons (Fsp3) is 0.0909. The third kappa shape index (κ3) is 1.44. The molecule has 0 saturated heterocycles. The van der Waals surface area contributed by atoms with Crippen LogP contribution in [-0.2, 0) is 0 Å². The zero-order valence-corrected chi connectivity index (χ0v) is 7.82. The highest BCUT2D eigenvalue weighted by molar-refractivity contribution is 5.77. The maximum Gasteiger partial charge on any atom is 0.166 e. The van der Waals surface area contributed by atoms with Crippen molar-refractivity contribution < 1.29 is 4.79 Å². The summed E-state index contributed by atoms with van der Waals surface area (Å²) in [6.07, 6.45) is 6.19. The van der Waals surface area contributed by atoms with Gasteiger partial charge in [0.25, 0.3) is 0 Å². The minimum Gasteiger partial charge on any atom is -0.358 e. The first kappa shape index (κ1) is 8.69. The molecule has 0 fully saturated rings. The van der Waals surface area contributed by atoms with E-state index in [9.17, 15) is 4.79 Å². The molecule has 70 valence electrons. The number of aryl methyl sites for hydroxylation is 1. The van der Waals surface area contributed by atoms with E-state index in [4.69, 9.17) is 0 Å². The molecule has 2 rings (SSSR count). The molecule has 3 nitrogen and oxygen atoms in total. The van der Waals surface area contributed by atoms with E-state index in [0.29, 0.717) is 5.69 Å². The highest BCUT2D eigenvalue weighted by Gasteiger charge is 2.03. The molecular formula is C11H10N2O. The molecule has 0 amide bonds. The summed E-state index contributed by atoms with van der Waals surface area (Å²) in [6, 6.07) is 3.77. The number of aromatic nitrogens is 2. The average Bonchev–Trinajstić information content (AvgIpc) is 2.67. The summed E-state index contributed by atoms with van der Waals surface area (Å²) >= 11 is 0. The quantitative estimate of drug-likeness (QED) is 0.731. The summed E-state index contributed by atoms with van der Waals surface area (Å²) < 4.78 is 0. The summed E-state index contributed by atoms with van der Waals surface area (Å²) in [5, 5.41) is 0. The summed E-state index contributed by atoms with van der Waals surface area (Å²) in [6.45, 7) is 2.00. The van der Waals surface area contributed by atoms with E-state index in [1.807, 2.05) is 31.5 Å². The molecule has 0 aromatic carbocycles. The molecule has 0 radical (unpaired) electrons. The normalized spacial score (nSPS) is 10.1. The van der Waals surface area contributed by atoms with Crippen molar-refractivity contribution in [1.82, 2.24) is 9.97 Å². The van der Waals surface area contributed by atoms with Crippen molar-refractivity contribution in [3.63, 3.8) is 0 Å². The van der Waals surface area contributed by atoms with Crippen LogP contribution >= 0.6 is 0 Å². The Bertz CT molecular complexity index is 460. The highest BCUT2D eigenvalue weighted by Crippen LogP contribution is 2.22. The monoisotopic (exact) mass is 186 g/mol. The smallest absolute Gasteiger partial charge is 0.166 e. The van der Waals surface area contributed by atoms with Crippen LogP contribution in [0.15, 0.2) is 30.7 Å². The molecule has 0 aliphatic carbocycles. The van der Waals surface area contributed by atoms with Gasteiger partial charge < -0.3 is 4.98 Å². The fourth-order valence-corrected chi connectivity index (χ4v) is 1.43. The lowest BCUT2D eigenvalue weighted by Gasteiger charge is -2.00. The minimum atomic E-state index is 0.594. The van der Waals surface area contributed by atoms with Gasteiger partial charge in [-0.2, -0.15) is 0 Å². The number of nitrogens with zero attached hydrogens (tertiary/aromatic N) is 1. The predicted molar refractivity (Wildman–Crippen MR) is 54.1 cm³/mol. The topological polar surface area (TPSA) is 45.8 Å². The lowest BCUT2D eigenvalue weighted by molar-refractivity contribution is 0.111. The summed E-state index contributed by atoms with van der Waals surface area (Å²) in [4.78, 5) is 17.4. The van der Waals surface area contributed by atoms with E-state index >= 15 is 0 Å². The van der Waals surface area contributed by atoms with Gasteiger partial charge >= 0.3 is 0 Å². The molecule has 0 bridgehead atoms. The third-order valence-electron chi connectivity index (χ3n) is 2.16. The summed E-state index contributed by atoms with van der Waals surface area (Å²) in [5.41, 5.74) is 3.82. The Morgan fingerprint density at radius 1 is 1.50 bits per heavy atom. The van der Waals surface area contributed by atoms with E-state index in [1.165, 1.54) is 0 Å². The van der Waals surface area contributed by atoms with E-state index in [1.54, 1.807) is 6.20 Å². The fourth-order valence-electron chi connectivity index (χ4n) is 1.43. The molecule has 2 heterocycles. The number of aromatic amines is 1. The Hall–Kier alpha value is -1.90. The van der Waals surface area contributed by atoms with Crippen molar-refractivity contribution >= 4 is 6.29 Å². The summed E-state index contributed by atoms with van der Waals surface area (Å²) in [5.74, 6) is 0. The molecule has 2 aromatic rings. The van der Waals surface area contributed by atoms with Crippen LogP contribution in [0.1, 0.15) is 16.1 Å². The van der Waals surface area contributed by atoms with Crippen molar-refractivity contribution in [1.29, 1.82) is 0 Å². The minimum absolute atomic E-state index is 0.594. The van der Waals surface area contributed by atoms with Crippen LogP contribution in [-0.4, -0.2) is 16.3 Å². The maximum atomic E-state index is 10.5. The molecule has 0 atom stereocenters. The Labute approximate surface area is 81.8 Å². The average molecular weight is 186 g/mol. The second-order valence-corrected chi connectivity index (χ2v) is 3.15. The molecule has 0 spiro atoms. The Kier molecular flexibility index (Phi) is 2.14. The van der Waals surface area contributed by atoms with Crippen LogP contribution < -0.4 is 0 Å². The van der Waals surface area contributed by atoms with Gasteiger partial charge in [0.1, 0.15) is 0 Å².